The number of nitrogens with one attached hydrogen (secondary N) is 1. The number of phenols is 1. The van der Waals surface area contributed by atoms with E-state index in [2.05, 4.69) is 10.5 Å². The number of likely N-dealkylation sites (tertiary alicyclic amines) is 1. The van der Waals surface area contributed by atoms with Crippen molar-refractivity contribution < 1.29 is 19.1 Å². The average Bonchev–Trinajstić information content (AvgIpc) is 3.09. The molecule has 1 aromatic heterocycles. The summed E-state index contributed by atoms with van der Waals surface area (Å²) < 4.78 is 5.97. The van der Waals surface area contributed by atoms with Gasteiger partial charge in [-0.3, -0.25) is 9.59 Å². The van der Waals surface area contributed by atoms with Gasteiger partial charge in [-0.2, -0.15) is 5.10 Å². The van der Waals surface area contributed by atoms with Crippen LogP contribution in [-0.4, -0.2) is 40.6 Å². The fraction of sp³-hybridized carbons (Fsp3) is 0.409. The first-order valence-corrected chi connectivity index (χ1v) is 10.1. The molecule has 0 unspecified atom stereocenters. The number of para-hydroxylation sites is 1. The SMILES string of the molecule is Cc1c(C(=O)N2CCCCC2)oc2c1/C(=N/NC(=O)c1ccccc1O)CCC2. The van der Waals surface area contributed by atoms with Crippen molar-refractivity contribution in [3.05, 3.63) is 52.5 Å². The van der Waals surface area contributed by atoms with E-state index in [4.69, 9.17) is 4.42 Å². The molecule has 2 heterocycles. The van der Waals surface area contributed by atoms with E-state index in [1.54, 1.807) is 12.1 Å². The second-order valence-electron chi connectivity index (χ2n) is 7.58. The summed E-state index contributed by atoms with van der Waals surface area (Å²) in [5.74, 6) is 0.509. The molecule has 7 nitrogen and oxygen atoms in total. The number of amides is 2. The molecule has 0 radical (unpaired) electrons. The van der Waals surface area contributed by atoms with E-state index in [0.717, 1.165) is 62.1 Å². The van der Waals surface area contributed by atoms with E-state index in [1.807, 2.05) is 11.8 Å². The molecule has 1 fully saturated rings. The first-order chi connectivity index (χ1) is 14.1. The Hall–Kier alpha value is -3.09. The van der Waals surface area contributed by atoms with Crippen LogP contribution in [-0.2, 0) is 6.42 Å². The molecular weight excluding hydrogens is 370 g/mol. The summed E-state index contributed by atoms with van der Waals surface area (Å²) >= 11 is 0. The standard InChI is InChI=1S/C22H25N3O4/c1-14-19-16(23-24-21(27)15-8-3-4-10-17(15)26)9-7-11-18(19)29-20(14)22(28)25-12-5-2-6-13-25/h3-4,8,10,26H,2,5-7,9,11-13H2,1H3,(H,24,27)/b23-16+. The quantitative estimate of drug-likeness (QED) is 0.779. The maximum atomic E-state index is 12.9. The Morgan fingerprint density at radius 1 is 1.10 bits per heavy atom. The van der Waals surface area contributed by atoms with Gasteiger partial charge in [-0.1, -0.05) is 12.1 Å². The van der Waals surface area contributed by atoms with Crippen LogP contribution in [0.25, 0.3) is 0 Å². The van der Waals surface area contributed by atoms with Crippen molar-refractivity contribution in [2.24, 2.45) is 5.10 Å². The first-order valence-electron chi connectivity index (χ1n) is 10.1. The highest BCUT2D eigenvalue weighted by atomic mass is 16.4. The molecule has 2 aliphatic rings. The van der Waals surface area contributed by atoms with Crippen LogP contribution < -0.4 is 5.43 Å². The van der Waals surface area contributed by atoms with E-state index < -0.39 is 5.91 Å². The van der Waals surface area contributed by atoms with Crippen LogP contribution in [0, 0.1) is 6.92 Å². The van der Waals surface area contributed by atoms with Crippen molar-refractivity contribution in [2.75, 3.05) is 13.1 Å². The van der Waals surface area contributed by atoms with Crippen LogP contribution in [0.3, 0.4) is 0 Å². The number of aryl methyl sites for hydroxylation is 1. The minimum Gasteiger partial charge on any atom is -0.507 e. The predicted octanol–water partition coefficient (Wildman–Crippen LogP) is 3.39. The third-order valence-electron chi connectivity index (χ3n) is 5.60. The van der Waals surface area contributed by atoms with Gasteiger partial charge in [-0.05, 0) is 51.2 Å². The smallest absolute Gasteiger partial charge is 0.289 e. The minimum atomic E-state index is -0.478. The van der Waals surface area contributed by atoms with Crippen LogP contribution >= 0.6 is 0 Å². The van der Waals surface area contributed by atoms with Gasteiger partial charge in [0.1, 0.15) is 11.5 Å². The molecule has 0 atom stereocenters. The highest BCUT2D eigenvalue weighted by Gasteiger charge is 2.30. The van der Waals surface area contributed by atoms with Crippen LogP contribution in [0.4, 0.5) is 0 Å². The molecule has 2 amide bonds. The zero-order valence-corrected chi connectivity index (χ0v) is 16.5. The Morgan fingerprint density at radius 3 is 2.62 bits per heavy atom. The summed E-state index contributed by atoms with van der Waals surface area (Å²) in [4.78, 5) is 27.1. The van der Waals surface area contributed by atoms with Gasteiger partial charge < -0.3 is 14.4 Å². The van der Waals surface area contributed by atoms with E-state index >= 15 is 0 Å². The zero-order chi connectivity index (χ0) is 20.4. The number of carbonyl (C=O) groups excluding carboxylic acids is 2. The Kier molecular flexibility index (Phi) is 5.38. The number of hydrogen-bond acceptors (Lipinski definition) is 5. The van der Waals surface area contributed by atoms with E-state index in [-0.39, 0.29) is 17.2 Å². The van der Waals surface area contributed by atoms with Crippen molar-refractivity contribution in [1.29, 1.82) is 0 Å². The van der Waals surface area contributed by atoms with Crippen molar-refractivity contribution in [1.82, 2.24) is 10.3 Å². The number of nitrogens with zero attached hydrogens (tertiary/aromatic N) is 2. The molecule has 152 valence electrons. The third kappa shape index (κ3) is 3.77. The second kappa shape index (κ2) is 8.11. The number of benzene rings is 1. The monoisotopic (exact) mass is 395 g/mol. The molecule has 1 aliphatic carbocycles. The lowest BCUT2D eigenvalue weighted by atomic mass is 9.93. The van der Waals surface area contributed by atoms with Crippen LogP contribution in [0.5, 0.6) is 5.75 Å². The summed E-state index contributed by atoms with van der Waals surface area (Å²) in [6, 6.07) is 6.33. The summed E-state index contributed by atoms with van der Waals surface area (Å²) in [6.45, 7) is 3.41. The highest BCUT2D eigenvalue weighted by molar-refractivity contribution is 6.07. The van der Waals surface area contributed by atoms with Crippen molar-refractivity contribution in [2.45, 2.75) is 45.4 Å². The van der Waals surface area contributed by atoms with Gasteiger partial charge in [0.15, 0.2) is 5.76 Å². The largest absolute Gasteiger partial charge is 0.507 e. The van der Waals surface area contributed by atoms with Crippen LogP contribution in [0.2, 0.25) is 0 Å². The molecule has 1 aliphatic heterocycles. The number of carbonyl (C=O) groups is 2. The topological polar surface area (TPSA) is 95.1 Å². The summed E-state index contributed by atoms with van der Waals surface area (Å²) in [6.07, 6.45) is 5.47. The van der Waals surface area contributed by atoms with Crippen molar-refractivity contribution in [3.8, 4) is 5.75 Å². The first kappa shape index (κ1) is 19.2. The van der Waals surface area contributed by atoms with Gasteiger partial charge in [0.05, 0.1) is 11.3 Å². The normalized spacial score (nSPS) is 17.8. The average molecular weight is 395 g/mol. The number of hydrazone groups is 1. The molecule has 4 rings (SSSR count). The minimum absolute atomic E-state index is 0.0609. The predicted molar refractivity (Wildman–Crippen MR) is 108 cm³/mol. The molecule has 1 aromatic carbocycles. The van der Waals surface area contributed by atoms with Crippen molar-refractivity contribution in [3.63, 3.8) is 0 Å². The lowest BCUT2D eigenvalue weighted by molar-refractivity contribution is 0.0689. The maximum absolute atomic E-state index is 12.9. The fourth-order valence-electron chi connectivity index (χ4n) is 4.07. The second-order valence-corrected chi connectivity index (χ2v) is 7.58. The number of fused-ring (bicyclic) bond motifs is 1. The van der Waals surface area contributed by atoms with Gasteiger partial charge in [0.2, 0.25) is 0 Å². The molecule has 29 heavy (non-hydrogen) atoms. The van der Waals surface area contributed by atoms with Crippen LogP contribution in [0.1, 0.15) is 69.9 Å². The van der Waals surface area contributed by atoms with Gasteiger partial charge in [-0.15, -0.1) is 0 Å². The number of furan rings is 1. The number of hydrogen-bond donors (Lipinski definition) is 2. The van der Waals surface area contributed by atoms with E-state index in [9.17, 15) is 14.7 Å². The fourth-order valence-corrected chi connectivity index (χ4v) is 4.07. The molecule has 2 N–H and O–H groups in total. The number of piperidine rings is 1. The summed E-state index contributed by atoms with van der Waals surface area (Å²) in [5.41, 5.74) is 5.01. The Balaban J connectivity index is 1.58. The number of rotatable bonds is 3. The Bertz CT molecular complexity index is 970. The summed E-state index contributed by atoms with van der Waals surface area (Å²) in [5, 5.41) is 14.2. The number of aromatic hydroxyl groups is 1. The van der Waals surface area contributed by atoms with E-state index in [0.29, 0.717) is 17.9 Å². The molecule has 1 saturated heterocycles. The Morgan fingerprint density at radius 2 is 1.86 bits per heavy atom. The molecular formula is C22H25N3O4. The van der Waals surface area contributed by atoms with Gasteiger partial charge in [0, 0.05) is 30.6 Å². The van der Waals surface area contributed by atoms with Crippen LogP contribution in [0.15, 0.2) is 33.8 Å². The molecule has 0 saturated carbocycles. The van der Waals surface area contributed by atoms with E-state index in [1.165, 1.54) is 12.1 Å². The van der Waals surface area contributed by atoms with Gasteiger partial charge >= 0.3 is 0 Å². The van der Waals surface area contributed by atoms with Gasteiger partial charge in [0.25, 0.3) is 11.8 Å². The molecule has 0 bridgehead atoms. The number of phenolic OH excluding ortho intramolecular Hbond substituents is 1. The molecule has 7 heteroatoms. The summed E-state index contributed by atoms with van der Waals surface area (Å²) in [7, 11) is 0. The lowest BCUT2D eigenvalue weighted by Crippen LogP contribution is -2.35. The highest BCUT2D eigenvalue weighted by Crippen LogP contribution is 2.31. The Labute approximate surface area is 169 Å². The zero-order valence-electron chi connectivity index (χ0n) is 16.5. The maximum Gasteiger partial charge on any atom is 0.289 e. The molecule has 0 spiro atoms. The lowest BCUT2D eigenvalue weighted by Gasteiger charge is -2.25. The van der Waals surface area contributed by atoms with Crippen molar-refractivity contribution >= 4 is 17.5 Å². The van der Waals surface area contributed by atoms with Gasteiger partial charge in [-0.25, -0.2) is 5.43 Å². The third-order valence-corrected chi connectivity index (χ3v) is 5.60. The molecule has 2 aromatic rings.